The first kappa shape index (κ1) is 16.2. The maximum Gasteiger partial charge on any atom is 1.00 e. The zero-order chi connectivity index (χ0) is 10.3. The molecule has 0 fully saturated rings. The van der Waals surface area contributed by atoms with Crippen molar-refractivity contribution in [2.45, 2.75) is 13.3 Å². The summed E-state index contributed by atoms with van der Waals surface area (Å²) in [5.41, 5.74) is 0.820. The van der Waals surface area contributed by atoms with Crippen LogP contribution in [-0.2, 0) is 11.2 Å². The van der Waals surface area contributed by atoms with Crippen LogP contribution in [0.5, 0.6) is 0 Å². The minimum atomic E-state index is -0.799. The second-order valence-corrected chi connectivity index (χ2v) is 3.11. The van der Waals surface area contributed by atoms with Crippen LogP contribution in [0.1, 0.15) is 12.5 Å². The Hall–Kier alpha value is -0.233. The summed E-state index contributed by atoms with van der Waals surface area (Å²) in [6.45, 7) is 5.00. The minimum Gasteiger partial charge on any atom is -0.481 e. The van der Waals surface area contributed by atoms with E-state index in [1.807, 2.05) is 12.1 Å². The van der Waals surface area contributed by atoms with Gasteiger partial charge in [-0.2, -0.15) is 6.92 Å². The Kier molecular flexibility index (Phi) is 10.8. The molecule has 0 spiro atoms. The van der Waals surface area contributed by atoms with E-state index >= 15 is 0 Å². The molecule has 1 rings (SSSR count). The van der Waals surface area contributed by atoms with E-state index in [1.165, 1.54) is 0 Å². The predicted octanol–water partition coefficient (Wildman–Crippen LogP) is -0.0794. The molecule has 0 heterocycles. The summed E-state index contributed by atoms with van der Waals surface area (Å²) in [6, 6.07) is 7.24. The quantitative estimate of drug-likeness (QED) is 0.589. The van der Waals surface area contributed by atoms with Crippen LogP contribution >= 0.6 is 15.9 Å². The van der Waals surface area contributed by atoms with Gasteiger partial charge in [-0.3, -0.25) is 4.79 Å². The van der Waals surface area contributed by atoms with Crippen molar-refractivity contribution in [3.63, 3.8) is 0 Å². The molecule has 0 unspecified atom stereocenters. The van der Waals surface area contributed by atoms with Gasteiger partial charge in [0.15, 0.2) is 0 Å². The van der Waals surface area contributed by atoms with Gasteiger partial charge in [0.05, 0.1) is 6.42 Å². The average Bonchev–Trinajstić information content (AvgIpc) is 2.12. The van der Waals surface area contributed by atoms with Crippen LogP contribution in [0.15, 0.2) is 28.7 Å². The smallest absolute Gasteiger partial charge is 0.481 e. The van der Waals surface area contributed by atoms with Crippen LogP contribution in [0, 0.1) is 6.92 Å². The monoisotopic (exact) mass is 250 g/mol. The summed E-state index contributed by atoms with van der Waals surface area (Å²) in [6.07, 6.45) is 0.0906. The van der Waals surface area contributed by atoms with Gasteiger partial charge < -0.3 is 12.0 Å². The van der Waals surface area contributed by atoms with Crippen molar-refractivity contribution in [3.8, 4) is 0 Å². The van der Waals surface area contributed by atoms with Crippen molar-refractivity contribution in [2.75, 3.05) is 0 Å². The Morgan fingerprint density at radius 3 is 2.14 bits per heavy atom. The zero-order valence-electron chi connectivity index (χ0n) is 8.46. The van der Waals surface area contributed by atoms with Crippen LogP contribution < -0.4 is 18.9 Å². The molecule has 0 saturated heterocycles. The zero-order valence-corrected chi connectivity index (χ0v) is 10.0. The molecule has 0 aliphatic rings. The molecule has 0 radical (unpaired) electrons. The van der Waals surface area contributed by atoms with E-state index in [0.29, 0.717) is 0 Å². The Bertz CT molecular complexity index is 259. The molecular weight excluding hydrogens is 239 g/mol. The van der Waals surface area contributed by atoms with Gasteiger partial charge in [0, 0.05) is 4.47 Å². The van der Waals surface area contributed by atoms with Crippen LogP contribution in [-0.4, -0.2) is 11.1 Å². The summed E-state index contributed by atoms with van der Waals surface area (Å²) in [7, 11) is 0. The second-order valence-electron chi connectivity index (χ2n) is 2.20. The first-order valence-corrected chi connectivity index (χ1v) is 4.65. The van der Waals surface area contributed by atoms with Crippen LogP contribution in [0.3, 0.4) is 0 Å². The first-order valence-electron chi connectivity index (χ1n) is 3.85. The maximum atomic E-state index is 10.2. The van der Waals surface area contributed by atoms with Gasteiger partial charge in [-0.1, -0.05) is 28.1 Å². The summed E-state index contributed by atoms with van der Waals surface area (Å²) >= 11 is 3.26. The molecule has 0 aliphatic carbocycles. The van der Waals surface area contributed by atoms with Crippen molar-refractivity contribution in [3.05, 3.63) is 41.2 Å². The van der Waals surface area contributed by atoms with Gasteiger partial charge in [-0.25, -0.2) is 0 Å². The molecule has 1 aromatic carbocycles. The third-order valence-electron chi connectivity index (χ3n) is 1.27. The molecular formula is C10H12BrLiO2. The van der Waals surface area contributed by atoms with E-state index in [4.69, 9.17) is 5.11 Å². The van der Waals surface area contributed by atoms with Gasteiger partial charge in [0.1, 0.15) is 0 Å². The van der Waals surface area contributed by atoms with Crippen molar-refractivity contribution in [2.24, 2.45) is 0 Å². The fourth-order valence-corrected chi connectivity index (χ4v) is 1.04. The molecule has 2 nitrogen and oxygen atoms in total. The minimum absolute atomic E-state index is 0. The number of benzene rings is 1. The Labute approximate surface area is 105 Å². The number of hydrogen-bond donors (Lipinski definition) is 1. The number of carboxylic acids is 1. The van der Waals surface area contributed by atoms with Crippen LogP contribution in [0.2, 0.25) is 0 Å². The van der Waals surface area contributed by atoms with Gasteiger partial charge in [-0.05, 0) is 17.7 Å². The largest absolute Gasteiger partial charge is 1.00 e. The molecule has 0 saturated carbocycles. The fraction of sp³-hybridized carbons (Fsp3) is 0.200. The van der Waals surface area contributed by atoms with Gasteiger partial charge in [0.25, 0.3) is 0 Å². The van der Waals surface area contributed by atoms with E-state index in [2.05, 4.69) is 22.9 Å². The van der Waals surface area contributed by atoms with Crippen LogP contribution in [0.25, 0.3) is 0 Å². The summed E-state index contributed by atoms with van der Waals surface area (Å²) in [4.78, 5) is 10.2. The van der Waals surface area contributed by atoms with Gasteiger partial charge in [-0.15, -0.1) is 0 Å². The molecule has 0 atom stereocenters. The number of hydrogen-bond acceptors (Lipinski definition) is 1. The Morgan fingerprint density at radius 2 is 1.79 bits per heavy atom. The predicted molar refractivity (Wildman–Crippen MR) is 56.5 cm³/mol. The number of carbonyl (C=O) groups is 1. The van der Waals surface area contributed by atoms with Gasteiger partial charge in [0.2, 0.25) is 0 Å². The van der Waals surface area contributed by atoms with Crippen LogP contribution in [0.4, 0.5) is 0 Å². The number of rotatable bonds is 2. The molecule has 72 valence electrons. The second kappa shape index (κ2) is 9.33. The third kappa shape index (κ3) is 7.20. The molecule has 0 aromatic heterocycles. The van der Waals surface area contributed by atoms with Crippen molar-refractivity contribution < 1.29 is 28.8 Å². The molecule has 1 aromatic rings. The van der Waals surface area contributed by atoms with E-state index in [0.717, 1.165) is 10.0 Å². The summed E-state index contributed by atoms with van der Waals surface area (Å²) in [5, 5.41) is 8.42. The topological polar surface area (TPSA) is 37.3 Å². The first-order chi connectivity index (χ1) is 6.18. The molecule has 0 aliphatic heterocycles. The van der Waals surface area contributed by atoms with Gasteiger partial charge >= 0.3 is 24.8 Å². The molecule has 14 heavy (non-hydrogen) atoms. The van der Waals surface area contributed by atoms with Crippen molar-refractivity contribution in [1.82, 2.24) is 0 Å². The number of aliphatic carboxylic acids is 1. The molecule has 4 heteroatoms. The number of halogens is 1. The number of carboxylic acid groups (broad SMARTS) is 1. The molecule has 0 amide bonds. The van der Waals surface area contributed by atoms with E-state index in [1.54, 1.807) is 19.1 Å². The molecule has 1 N–H and O–H groups in total. The van der Waals surface area contributed by atoms with Crippen molar-refractivity contribution in [1.29, 1.82) is 0 Å². The Morgan fingerprint density at radius 1 is 1.36 bits per heavy atom. The van der Waals surface area contributed by atoms with E-state index in [-0.39, 0.29) is 25.3 Å². The SMILES string of the molecule is O=C(O)Cc1ccc(Br)cc1.[CH2-]C.[Li+]. The maximum absolute atomic E-state index is 10.2. The third-order valence-corrected chi connectivity index (χ3v) is 1.80. The van der Waals surface area contributed by atoms with E-state index in [9.17, 15) is 4.79 Å². The molecule has 0 bridgehead atoms. The summed E-state index contributed by atoms with van der Waals surface area (Å²) < 4.78 is 0.964. The fourth-order valence-electron chi connectivity index (χ4n) is 0.777. The van der Waals surface area contributed by atoms with Crippen molar-refractivity contribution >= 4 is 21.9 Å². The normalized spacial score (nSPS) is 7.93. The van der Waals surface area contributed by atoms with E-state index < -0.39 is 5.97 Å². The summed E-state index contributed by atoms with van der Waals surface area (Å²) in [5.74, 6) is -0.799. The Balaban J connectivity index is 0. The average molecular weight is 251 g/mol. The standard InChI is InChI=1S/C8H7BrO2.C2H5.Li/c9-7-3-1-6(2-4-7)5-8(10)11;1-2;/h1-4H,5H2,(H,10,11);1H2,2H3;/q;-1;+1.